The van der Waals surface area contributed by atoms with Gasteiger partial charge in [0.15, 0.2) is 5.78 Å². The molecule has 1 fully saturated rings. The number of carbonyl (C=O) groups excluding carboxylic acids is 1. The van der Waals surface area contributed by atoms with Gasteiger partial charge in [0.25, 0.3) is 10.1 Å². The molecule has 7 heteroatoms. The van der Waals surface area contributed by atoms with Gasteiger partial charge in [-0.1, -0.05) is 30.3 Å². The van der Waals surface area contributed by atoms with Crippen molar-refractivity contribution in [3.63, 3.8) is 0 Å². The number of Topliss-reactive ketones (excluding diaryl/α,β-unsaturated/α-hetero) is 1. The summed E-state index contributed by atoms with van der Waals surface area (Å²) in [6.45, 7) is 0. The third-order valence-corrected chi connectivity index (χ3v) is 7.04. The minimum absolute atomic E-state index is 0. The second-order valence-electron chi connectivity index (χ2n) is 4.51. The lowest BCUT2D eigenvalue weighted by Gasteiger charge is -2.14. The van der Waals surface area contributed by atoms with Crippen LogP contribution in [0.15, 0.2) is 30.3 Å². The first kappa shape index (κ1) is 17.6. The number of benzene rings is 1. The van der Waals surface area contributed by atoms with Crippen molar-refractivity contribution in [2.75, 3.05) is 17.3 Å². The van der Waals surface area contributed by atoms with E-state index in [1.54, 1.807) is 24.3 Å². The van der Waals surface area contributed by atoms with Crippen molar-refractivity contribution in [2.45, 2.75) is 19.3 Å². The third kappa shape index (κ3) is 5.47. The standard InChI is InChI=1S/C13H18O4S2.H2S/c14-13(12-6-2-1-3-7-12)8-11-19(15,16)17-18-9-4-5-10-18;/h1-3,6-7,18H,4-5,8-11H2;1H2. The maximum atomic E-state index is 11.8. The molecule has 0 radical (unpaired) electrons. The van der Waals surface area contributed by atoms with Crippen LogP contribution in [0.1, 0.15) is 29.6 Å². The van der Waals surface area contributed by atoms with Crippen molar-refractivity contribution < 1.29 is 16.8 Å². The first-order chi connectivity index (χ1) is 9.07. The van der Waals surface area contributed by atoms with Crippen LogP contribution in [-0.2, 0) is 13.7 Å². The topological polar surface area (TPSA) is 60.4 Å². The largest absolute Gasteiger partial charge is 0.294 e. The molecule has 2 rings (SSSR count). The molecule has 1 saturated heterocycles. The van der Waals surface area contributed by atoms with E-state index in [9.17, 15) is 13.2 Å². The van der Waals surface area contributed by atoms with Crippen LogP contribution in [0.5, 0.6) is 0 Å². The van der Waals surface area contributed by atoms with Gasteiger partial charge in [-0.3, -0.25) is 4.79 Å². The van der Waals surface area contributed by atoms with Gasteiger partial charge in [0.1, 0.15) is 0 Å². The Morgan fingerprint density at radius 3 is 2.35 bits per heavy atom. The van der Waals surface area contributed by atoms with Crippen molar-refractivity contribution in [3.05, 3.63) is 35.9 Å². The van der Waals surface area contributed by atoms with Crippen molar-refractivity contribution in [1.82, 2.24) is 0 Å². The van der Waals surface area contributed by atoms with E-state index >= 15 is 0 Å². The molecule has 20 heavy (non-hydrogen) atoms. The average Bonchev–Trinajstić information content (AvgIpc) is 2.89. The molecule has 1 aromatic rings. The lowest BCUT2D eigenvalue weighted by molar-refractivity contribution is 0.0988. The molecular weight excluding hydrogens is 316 g/mol. The monoisotopic (exact) mass is 336 g/mol. The number of ketones is 1. The summed E-state index contributed by atoms with van der Waals surface area (Å²) < 4.78 is 28.7. The summed E-state index contributed by atoms with van der Waals surface area (Å²) >= 11 is -0.817. The van der Waals surface area contributed by atoms with Crippen LogP contribution in [0.3, 0.4) is 0 Å². The molecule has 0 spiro atoms. The molecular formula is C13H20O4S3. The van der Waals surface area contributed by atoms with Crippen LogP contribution < -0.4 is 0 Å². The fourth-order valence-electron chi connectivity index (χ4n) is 1.95. The smallest absolute Gasteiger partial charge is 0.276 e. The van der Waals surface area contributed by atoms with E-state index in [1.807, 2.05) is 6.07 Å². The Morgan fingerprint density at radius 1 is 1.15 bits per heavy atom. The lowest BCUT2D eigenvalue weighted by Crippen LogP contribution is -2.13. The fourth-order valence-corrected chi connectivity index (χ4v) is 5.94. The summed E-state index contributed by atoms with van der Waals surface area (Å²) in [6.07, 6.45) is 2.07. The highest BCUT2D eigenvalue weighted by Crippen LogP contribution is 2.37. The minimum Gasteiger partial charge on any atom is -0.294 e. The summed E-state index contributed by atoms with van der Waals surface area (Å²) in [5.74, 6) is 1.34. The van der Waals surface area contributed by atoms with Gasteiger partial charge in [0.05, 0.1) is 5.75 Å². The summed E-state index contributed by atoms with van der Waals surface area (Å²) in [4.78, 5) is 11.8. The van der Waals surface area contributed by atoms with E-state index in [0.29, 0.717) is 5.56 Å². The molecule has 1 aliphatic rings. The Labute approximate surface area is 130 Å². The second kappa shape index (κ2) is 8.07. The Kier molecular flexibility index (Phi) is 7.08. The summed E-state index contributed by atoms with van der Waals surface area (Å²) in [5, 5.41) is 0. The zero-order valence-electron chi connectivity index (χ0n) is 11.1. The Morgan fingerprint density at radius 2 is 1.75 bits per heavy atom. The molecule has 0 N–H and O–H groups in total. The fraction of sp³-hybridized carbons (Fsp3) is 0.462. The first-order valence-corrected chi connectivity index (χ1v) is 9.53. The van der Waals surface area contributed by atoms with Gasteiger partial charge >= 0.3 is 0 Å². The van der Waals surface area contributed by atoms with Crippen LogP contribution in [-0.4, -0.2) is 31.5 Å². The summed E-state index contributed by atoms with van der Waals surface area (Å²) in [6, 6.07) is 8.73. The molecule has 4 nitrogen and oxygen atoms in total. The van der Waals surface area contributed by atoms with Crippen molar-refractivity contribution in [2.24, 2.45) is 0 Å². The Balaban J connectivity index is 0.00000200. The molecule has 0 saturated carbocycles. The highest BCUT2D eigenvalue weighted by Gasteiger charge is 2.21. The molecule has 1 aromatic carbocycles. The predicted molar refractivity (Wildman–Crippen MR) is 88.6 cm³/mol. The number of hydrogen-bond acceptors (Lipinski definition) is 4. The molecule has 1 heterocycles. The Bertz CT molecular complexity index is 522. The van der Waals surface area contributed by atoms with Crippen molar-refractivity contribution in [1.29, 1.82) is 0 Å². The molecule has 0 aromatic heterocycles. The number of hydrogen-bond donors (Lipinski definition) is 1. The van der Waals surface area contributed by atoms with Gasteiger partial charge in [-0.05, 0) is 24.3 Å². The maximum Gasteiger partial charge on any atom is 0.276 e. The molecule has 0 amide bonds. The normalized spacial score (nSPS) is 16.7. The first-order valence-electron chi connectivity index (χ1n) is 6.32. The van der Waals surface area contributed by atoms with E-state index < -0.39 is 21.3 Å². The SMILES string of the molecule is O=C(CCS(=O)(=O)O[SH]1CCCC1)c1ccccc1.S. The molecule has 0 bridgehead atoms. The summed E-state index contributed by atoms with van der Waals surface area (Å²) in [5.41, 5.74) is 0.546. The van der Waals surface area contributed by atoms with Crippen LogP contribution in [0, 0.1) is 0 Å². The number of rotatable bonds is 6. The van der Waals surface area contributed by atoms with Gasteiger partial charge < -0.3 is 0 Å². The van der Waals surface area contributed by atoms with Gasteiger partial charge in [-0.2, -0.15) is 21.9 Å². The van der Waals surface area contributed by atoms with E-state index in [4.69, 9.17) is 3.63 Å². The highest BCUT2D eigenvalue weighted by molar-refractivity contribution is 8.18. The zero-order valence-corrected chi connectivity index (χ0v) is 13.8. The molecule has 0 aliphatic carbocycles. The van der Waals surface area contributed by atoms with Gasteiger partial charge in [-0.15, -0.1) is 11.2 Å². The number of carbonyl (C=O) groups is 1. The van der Waals surface area contributed by atoms with Crippen molar-refractivity contribution in [3.8, 4) is 0 Å². The molecule has 0 unspecified atom stereocenters. The van der Waals surface area contributed by atoms with Crippen LogP contribution >= 0.6 is 24.7 Å². The molecule has 0 atom stereocenters. The summed E-state index contributed by atoms with van der Waals surface area (Å²) in [7, 11) is -3.56. The lowest BCUT2D eigenvalue weighted by atomic mass is 10.1. The van der Waals surface area contributed by atoms with E-state index in [2.05, 4.69) is 0 Å². The Hall–Kier alpha value is -0.500. The maximum absolute atomic E-state index is 11.8. The highest BCUT2D eigenvalue weighted by atomic mass is 32.3. The number of thiol groups is 1. The second-order valence-corrected chi connectivity index (χ2v) is 8.49. The third-order valence-electron chi connectivity index (χ3n) is 2.96. The molecule has 114 valence electrons. The average molecular weight is 336 g/mol. The van der Waals surface area contributed by atoms with Gasteiger partial charge in [0, 0.05) is 12.0 Å². The quantitative estimate of drug-likeness (QED) is 0.640. The van der Waals surface area contributed by atoms with Crippen LogP contribution in [0.2, 0.25) is 0 Å². The van der Waals surface area contributed by atoms with Crippen LogP contribution in [0.4, 0.5) is 0 Å². The predicted octanol–water partition coefficient (Wildman–Crippen LogP) is 2.43. The molecule has 1 aliphatic heterocycles. The van der Waals surface area contributed by atoms with Crippen LogP contribution in [0.25, 0.3) is 0 Å². The zero-order chi connectivity index (χ0) is 13.7. The van der Waals surface area contributed by atoms with E-state index in [0.717, 1.165) is 24.3 Å². The van der Waals surface area contributed by atoms with Gasteiger partial charge in [0.2, 0.25) is 0 Å². The van der Waals surface area contributed by atoms with E-state index in [1.165, 1.54) is 0 Å². The van der Waals surface area contributed by atoms with Gasteiger partial charge in [-0.25, -0.2) is 3.63 Å². The minimum atomic E-state index is -3.56. The van der Waals surface area contributed by atoms with E-state index in [-0.39, 0.29) is 31.5 Å². The van der Waals surface area contributed by atoms with Crippen molar-refractivity contribution >= 4 is 40.6 Å².